The van der Waals surface area contributed by atoms with Gasteiger partial charge in [0, 0.05) is 26.9 Å². The smallest absolute Gasteiger partial charge is 0.143 e. The molecule has 0 aliphatic rings. The topological polar surface area (TPSA) is 13.1 Å². The van der Waals surface area contributed by atoms with Crippen LogP contribution in [-0.4, -0.2) is 0 Å². The van der Waals surface area contributed by atoms with Crippen molar-refractivity contribution >= 4 is 62.4 Å². The molecule has 9 aromatic rings. The molecule has 0 N–H and O–H groups in total. The molecule has 2 heteroatoms. The van der Waals surface area contributed by atoms with Crippen LogP contribution in [0.3, 0.4) is 0 Å². The van der Waals surface area contributed by atoms with Crippen LogP contribution in [0.5, 0.6) is 0 Å². The van der Waals surface area contributed by atoms with Gasteiger partial charge < -0.3 is 4.42 Å². The van der Waals surface area contributed by atoms with Crippen molar-refractivity contribution in [3.05, 3.63) is 151 Å². The van der Waals surface area contributed by atoms with E-state index in [1.165, 1.54) is 78.9 Å². The summed E-state index contributed by atoms with van der Waals surface area (Å²) in [5.41, 5.74) is 9.48. The first-order valence-electron chi connectivity index (χ1n) is 16.0. The van der Waals surface area contributed by atoms with Crippen LogP contribution in [0.15, 0.2) is 144 Å². The van der Waals surface area contributed by atoms with Crippen LogP contribution in [0.4, 0.5) is 0 Å². The van der Waals surface area contributed by atoms with Gasteiger partial charge in [0.2, 0.25) is 0 Å². The molecule has 9 rings (SSSR count). The first-order chi connectivity index (χ1) is 22.7. The molecule has 0 spiro atoms. The zero-order valence-corrected chi connectivity index (χ0v) is 26.7. The molecule has 0 aliphatic heterocycles. The summed E-state index contributed by atoms with van der Waals surface area (Å²) in [4.78, 5) is 0. The Morgan fingerprint density at radius 2 is 1.11 bits per heavy atom. The Balaban J connectivity index is 1.22. The molecule has 0 amide bonds. The number of aryl methyl sites for hydroxylation is 2. The fourth-order valence-corrected chi connectivity index (χ4v) is 8.70. The van der Waals surface area contributed by atoms with Gasteiger partial charge in [0.15, 0.2) is 0 Å². The third-order valence-corrected chi connectivity index (χ3v) is 11.0. The van der Waals surface area contributed by atoms with E-state index in [1.807, 2.05) is 6.07 Å². The molecule has 46 heavy (non-hydrogen) atoms. The third kappa shape index (κ3) is 4.20. The van der Waals surface area contributed by atoms with Gasteiger partial charge >= 0.3 is 0 Å². The normalized spacial score (nSPS) is 12.0. The molecule has 0 atom stereocenters. The van der Waals surface area contributed by atoms with E-state index in [4.69, 9.17) is 4.42 Å². The second-order valence-corrected chi connectivity index (χ2v) is 13.4. The molecule has 0 unspecified atom stereocenters. The summed E-state index contributed by atoms with van der Waals surface area (Å²) in [6.07, 6.45) is 0.996. The quantitative estimate of drug-likeness (QED) is 0.182. The summed E-state index contributed by atoms with van der Waals surface area (Å²) < 4.78 is 6.40. The molecule has 0 aliphatic carbocycles. The lowest BCUT2D eigenvalue weighted by atomic mass is 9.90. The Labute approximate surface area is 269 Å². The van der Waals surface area contributed by atoms with E-state index < -0.39 is 0 Å². The first kappa shape index (κ1) is 27.1. The maximum atomic E-state index is 6.40. The average Bonchev–Trinajstić information content (AvgIpc) is 3.50. The van der Waals surface area contributed by atoms with E-state index in [0.29, 0.717) is 0 Å². The fourth-order valence-electron chi connectivity index (χ4n) is 7.30. The average molecular weight is 607 g/mol. The second kappa shape index (κ2) is 10.7. The van der Waals surface area contributed by atoms with Gasteiger partial charge in [-0.15, -0.1) is 0 Å². The van der Waals surface area contributed by atoms with Crippen molar-refractivity contribution in [3.8, 4) is 32.8 Å². The highest BCUT2D eigenvalue weighted by Gasteiger charge is 2.16. The van der Waals surface area contributed by atoms with E-state index in [2.05, 4.69) is 147 Å². The number of hydrogen-bond acceptors (Lipinski definition) is 1. The van der Waals surface area contributed by atoms with Crippen LogP contribution in [0.1, 0.15) is 18.1 Å². The highest BCUT2D eigenvalue weighted by atomic mass is 31.0. The summed E-state index contributed by atoms with van der Waals surface area (Å²) in [7, 11) is 1.23. The van der Waals surface area contributed by atoms with E-state index in [9.17, 15) is 0 Å². The lowest BCUT2D eigenvalue weighted by Gasteiger charge is -2.17. The van der Waals surface area contributed by atoms with Gasteiger partial charge in [-0.2, -0.15) is 0 Å². The maximum Gasteiger partial charge on any atom is 0.143 e. The Morgan fingerprint density at radius 3 is 1.85 bits per heavy atom. The van der Waals surface area contributed by atoms with Crippen molar-refractivity contribution in [1.29, 1.82) is 0 Å². The van der Waals surface area contributed by atoms with Gasteiger partial charge in [-0.25, -0.2) is 0 Å². The minimum atomic E-state index is 0.928. The molecule has 0 bridgehead atoms. The van der Waals surface area contributed by atoms with Crippen LogP contribution in [0.2, 0.25) is 0 Å². The number of furan rings is 1. The summed E-state index contributed by atoms with van der Waals surface area (Å²) in [6, 6.07) is 51.0. The van der Waals surface area contributed by atoms with E-state index in [1.54, 1.807) is 0 Å². The molecule has 2 heterocycles. The summed E-state index contributed by atoms with van der Waals surface area (Å²) in [6.45, 7) is 4.55. The summed E-state index contributed by atoms with van der Waals surface area (Å²) in [5, 5.41) is 13.0. The van der Waals surface area contributed by atoms with E-state index in [0.717, 1.165) is 33.9 Å². The lowest BCUT2D eigenvalue weighted by Crippen LogP contribution is -1.91. The van der Waals surface area contributed by atoms with Crippen LogP contribution in [-0.2, 0) is 6.42 Å². The summed E-state index contributed by atoms with van der Waals surface area (Å²) >= 11 is 0. The molecule has 0 fully saturated rings. The van der Waals surface area contributed by atoms with Crippen molar-refractivity contribution in [3.63, 3.8) is 0 Å². The van der Waals surface area contributed by atoms with Crippen molar-refractivity contribution in [1.82, 2.24) is 0 Å². The number of para-hydroxylation sites is 2. The SMILES string of the molecule is CCc1ccc(-c2cccc(-c3cccc4c3oc3ccccc34)c2)pc1-c1cc2c3ccccc3c3ccccc3c2cc1C. The zero-order chi connectivity index (χ0) is 30.8. The second-order valence-electron chi connectivity index (χ2n) is 12.2. The number of benzene rings is 7. The molecule has 0 saturated carbocycles. The van der Waals surface area contributed by atoms with Crippen molar-refractivity contribution in [2.24, 2.45) is 0 Å². The van der Waals surface area contributed by atoms with Gasteiger partial charge in [-0.3, -0.25) is 0 Å². The van der Waals surface area contributed by atoms with Gasteiger partial charge in [0.25, 0.3) is 0 Å². The van der Waals surface area contributed by atoms with E-state index >= 15 is 0 Å². The highest BCUT2D eigenvalue weighted by molar-refractivity contribution is 7.37. The van der Waals surface area contributed by atoms with Gasteiger partial charge in [-0.05, 0) is 97.7 Å². The van der Waals surface area contributed by atoms with Crippen LogP contribution >= 0.6 is 8.19 Å². The van der Waals surface area contributed by atoms with Gasteiger partial charge in [0.1, 0.15) is 11.2 Å². The Kier molecular flexibility index (Phi) is 6.30. The number of hydrogen-bond donors (Lipinski definition) is 0. The summed E-state index contributed by atoms with van der Waals surface area (Å²) in [5.74, 6) is 0. The number of rotatable bonds is 4. The van der Waals surface area contributed by atoms with Gasteiger partial charge in [0.05, 0.1) is 0 Å². The minimum Gasteiger partial charge on any atom is -0.455 e. The monoisotopic (exact) mass is 606 g/mol. The van der Waals surface area contributed by atoms with Crippen molar-refractivity contribution in [2.75, 3.05) is 0 Å². The maximum absolute atomic E-state index is 6.40. The van der Waals surface area contributed by atoms with Crippen molar-refractivity contribution in [2.45, 2.75) is 20.3 Å². The molecule has 7 aromatic carbocycles. The standard InChI is InChI=1S/C44H31OP/c1-3-28-22-23-42(30-13-10-12-29(25-30)31-19-11-20-37-36-18-8-9-21-41(36)45-43(31)37)46-44(28)38-26-40-35-17-7-5-15-33(35)32-14-4-6-16-34(32)39(40)24-27(38)2/h4-26H,3H2,1-2H3. The van der Waals surface area contributed by atoms with Crippen molar-refractivity contribution < 1.29 is 4.42 Å². The molecule has 0 radical (unpaired) electrons. The lowest BCUT2D eigenvalue weighted by molar-refractivity contribution is 0.670. The molecule has 1 nitrogen and oxygen atoms in total. The molecular weight excluding hydrogens is 575 g/mol. The van der Waals surface area contributed by atoms with E-state index in [-0.39, 0.29) is 0 Å². The Morgan fingerprint density at radius 1 is 0.500 bits per heavy atom. The fraction of sp³-hybridized carbons (Fsp3) is 0.0682. The third-order valence-electron chi connectivity index (χ3n) is 9.58. The van der Waals surface area contributed by atoms with Crippen LogP contribution in [0, 0.1) is 6.92 Å². The molecular formula is C44H31OP. The Hall–Kier alpha value is -5.23. The zero-order valence-electron chi connectivity index (χ0n) is 25.8. The largest absolute Gasteiger partial charge is 0.455 e. The molecule has 2 aromatic heterocycles. The Bertz CT molecular complexity index is 2640. The minimum absolute atomic E-state index is 0.928. The molecule has 0 saturated heterocycles. The predicted molar refractivity (Wildman–Crippen MR) is 199 cm³/mol. The predicted octanol–water partition coefficient (Wildman–Crippen LogP) is 13.5. The number of fused-ring (bicyclic) bond motifs is 9. The first-order valence-corrected chi connectivity index (χ1v) is 16.9. The molecule has 218 valence electrons. The van der Waals surface area contributed by atoms with Crippen LogP contribution in [0.25, 0.3) is 87.1 Å². The van der Waals surface area contributed by atoms with Crippen LogP contribution < -0.4 is 0 Å². The highest BCUT2D eigenvalue weighted by Crippen LogP contribution is 2.45. The van der Waals surface area contributed by atoms with Gasteiger partial charge in [-0.1, -0.05) is 130 Å².